The average molecular weight is 525 g/mol. The number of ether oxygens (including phenoxy) is 1. The van der Waals surface area contributed by atoms with E-state index in [9.17, 15) is 0 Å². The fraction of sp³-hybridized carbons (Fsp3) is 1.00. The van der Waals surface area contributed by atoms with E-state index in [0.29, 0.717) is 0 Å². The Morgan fingerprint density at radius 3 is 0.941 bits per heavy atom. The summed E-state index contributed by atoms with van der Waals surface area (Å²) in [6.07, 6.45) is 25.3. The Bertz CT molecular complexity index is 426. The molecule has 0 atom stereocenters. The molecule has 0 rings (SSSR count). The van der Waals surface area contributed by atoms with Crippen molar-refractivity contribution < 1.29 is 81.4 Å². The van der Waals surface area contributed by atoms with E-state index in [1.165, 1.54) is 116 Å². The number of rotatable bonds is 22. The second-order valence-electron chi connectivity index (χ2n) is 10.0. The topological polar surface area (TPSA) is 89.5 Å². The van der Waals surface area contributed by atoms with Crippen LogP contribution in [0.15, 0.2) is 0 Å². The molecule has 0 aromatic heterocycles. The molecular formula is C26H54Na2O5S. The molecule has 34 heavy (non-hydrogen) atoms. The molecule has 0 aromatic rings. The van der Waals surface area contributed by atoms with Gasteiger partial charge in [-0.25, -0.2) is 0 Å². The van der Waals surface area contributed by atoms with Crippen molar-refractivity contribution in [2.45, 2.75) is 143 Å². The normalized spacial score (nSPS) is 11.1. The van der Waals surface area contributed by atoms with E-state index in [-0.39, 0.29) is 59.1 Å². The van der Waals surface area contributed by atoms with Crippen LogP contribution in [0.4, 0.5) is 0 Å². The van der Waals surface area contributed by atoms with Gasteiger partial charge in [-0.2, -0.15) is 0 Å². The predicted octanol–water partition coefficient (Wildman–Crippen LogP) is 2.01. The predicted molar refractivity (Wildman–Crippen MR) is 134 cm³/mol. The third-order valence-electron chi connectivity index (χ3n) is 5.64. The van der Waals surface area contributed by atoms with E-state index in [1.54, 1.807) is 0 Å². The van der Waals surface area contributed by atoms with Crippen molar-refractivity contribution in [1.82, 2.24) is 0 Å². The van der Waals surface area contributed by atoms with Crippen LogP contribution < -0.4 is 59.1 Å². The summed E-state index contributed by atoms with van der Waals surface area (Å²) >= 11 is 0. The van der Waals surface area contributed by atoms with E-state index in [4.69, 9.17) is 22.3 Å². The zero-order valence-electron chi connectivity index (χ0n) is 23.7. The van der Waals surface area contributed by atoms with Crippen molar-refractivity contribution >= 4 is 10.4 Å². The average Bonchev–Trinajstić information content (AvgIpc) is 2.67. The molecule has 0 radical (unpaired) electrons. The minimum absolute atomic E-state index is 0. The molecule has 0 aliphatic carbocycles. The Hall–Kier alpha value is 1.83. The van der Waals surface area contributed by atoms with Crippen LogP contribution in [0, 0.1) is 11.8 Å². The van der Waals surface area contributed by atoms with Crippen molar-refractivity contribution in [3.05, 3.63) is 0 Å². The zero-order chi connectivity index (χ0) is 24.5. The SMILES string of the molecule is CC(C)CCCCCCCCCCOCCCCCCCCCCC(C)C.O=S(=O)([O-])[O-].[Na+].[Na+]. The Balaban J connectivity index is -0.000000578. The van der Waals surface area contributed by atoms with Gasteiger partial charge in [0.2, 0.25) is 0 Å². The molecule has 0 saturated heterocycles. The molecule has 0 N–H and O–H groups in total. The molecule has 0 aliphatic heterocycles. The molecule has 196 valence electrons. The molecular weight excluding hydrogens is 470 g/mol. The molecule has 0 bridgehead atoms. The van der Waals surface area contributed by atoms with Crippen molar-refractivity contribution in [2.75, 3.05) is 13.2 Å². The molecule has 5 nitrogen and oxygen atoms in total. The van der Waals surface area contributed by atoms with E-state index in [0.717, 1.165) is 25.0 Å². The second-order valence-corrected chi connectivity index (χ2v) is 10.9. The largest absolute Gasteiger partial charge is 1.00 e. The van der Waals surface area contributed by atoms with Gasteiger partial charge in [-0.1, -0.05) is 130 Å². The monoisotopic (exact) mass is 524 g/mol. The minimum atomic E-state index is -5.17. The molecule has 0 aliphatic rings. The van der Waals surface area contributed by atoms with Crippen molar-refractivity contribution in [3.63, 3.8) is 0 Å². The molecule has 8 heteroatoms. The van der Waals surface area contributed by atoms with Crippen LogP contribution in [-0.2, 0) is 15.1 Å². The van der Waals surface area contributed by atoms with Crippen LogP contribution in [0.5, 0.6) is 0 Å². The van der Waals surface area contributed by atoms with Gasteiger partial charge in [0.25, 0.3) is 0 Å². The Morgan fingerprint density at radius 1 is 0.500 bits per heavy atom. The van der Waals surface area contributed by atoms with Crippen LogP contribution in [0.25, 0.3) is 0 Å². The van der Waals surface area contributed by atoms with Crippen LogP contribution in [0.1, 0.15) is 143 Å². The first-order valence-electron chi connectivity index (χ1n) is 13.4. The first-order chi connectivity index (χ1) is 15.1. The molecule has 0 fully saturated rings. The maximum atomic E-state index is 8.52. The van der Waals surface area contributed by atoms with Gasteiger partial charge in [-0.05, 0) is 24.7 Å². The van der Waals surface area contributed by atoms with Gasteiger partial charge in [0.15, 0.2) is 0 Å². The van der Waals surface area contributed by atoms with Gasteiger partial charge < -0.3 is 13.8 Å². The summed E-state index contributed by atoms with van der Waals surface area (Å²) < 4.78 is 39.9. The van der Waals surface area contributed by atoms with Gasteiger partial charge in [-0.3, -0.25) is 8.42 Å². The molecule has 0 unspecified atom stereocenters. The summed E-state index contributed by atoms with van der Waals surface area (Å²) in [6, 6.07) is 0. The minimum Gasteiger partial charge on any atom is -0.759 e. The third-order valence-corrected chi connectivity index (χ3v) is 5.64. The van der Waals surface area contributed by atoms with Crippen molar-refractivity contribution in [3.8, 4) is 0 Å². The van der Waals surface area contributed by atoms with Gasteiger partial charge >= 0.3 is 59.1 Å². The van der Waals surface area contributed by atoms with Gasteiger partial charge in [0.1, 0.15) is 0 Å². The van der Waals surface area contributed by atoms with Crippen LogP contribution in [0.3, 0.4) is 0 Å². The summed E-state index contributed by atoms with van der Waals surface area (Å²) in [5, 5.41) is 0. The fourth-order valence-electron chi connectivity index (χ4n) is 3.74. The molecule has 0 amide bonds. The number of hydrogen-bond acceptors (Lipinski definition) is 5. The van der Waals surface area contributed by atoms with E-state index in [1.807, 2.05) is 0 Å². The summed E-state index contributed by atoms with van der Waals surface area (Å²) in [5.74, 6) is 1.77. The van der Waals surface area contributed by atoms with Gasteiger partial charge in [-0.15, -0.1) is 0 Å². The zero-order valence-corrected chi connectivity index (χ0v) is 28.6. The van der Waals surface area contributed by atoms with Gasteiger partial charge in [0, 0.05) is 23.6 Å². The maximum absolute atomic E-state index is 8.52. The summed E-state index contributed by atoms with van der Waals surface area (Å²) in [6.45, 7) is 11.3. The molecule has 0 spiro atoms. The number of unbranched alkanes of at least 4 members (excludes halogenated alkanes) is 14. The Labute approximate surface area is 257 Å². The Kier molecular flexibility index (Phi) is 41.5. The molecule has 0 aromatic carbocycles. The quantitative estimate of drug-likeness (QED) is 0.0936. The second kappa shape index (κ2) is 32.9. The summed E-state index contributed by atoms with van der Waals surface area (Å²) in [5.41, 5.74) is 0. The smallest absolute Gasteiger partial charge is 0.759 e. The Morgan fingerprint density at radius 2 is 0.706 bits per heavy atom. The van der Waals surface area contributed by atoms with Crippen LogP contribution in [0.2, 0.25) is 0 Å². The van der Waals surface area contributed by atoms with E-state index >= 15 is 0 Å². The van der Waals surface area contributed by atoms with Crippen molar-refractivity contribution in [1.29, 1.82) is 0 Å². The molecule has 0 heterocycles. The van der Waals surface area contributed by atoms with Crippen molar-refractivity contribution in [2.24, 2.45) is 11.8 Å². The number of hydrogen-bond donors (Lipinski definition) is 0. The summed E-state index contributed by atoms with van der Waals surface area (Å²) in [4.78, 5) is 0. The fourth-order valence-corrected chi connectivity index (χ4v) is 3.74. The standard InChI is InChI=1S/C26H54O.2Na.H2O4S/c1-25(2)21-17-13-9-5-7-11-15-19-23-27-24-20-16-12-8-6-10-14-18-22-26(3)4;;;1-5(2,3)4/h25-26H,5-24H2,1-4H3;;;(H2,1,2,3,4)/q;2*+1;/p-2. The van der Waals surface area contributed by atoms with Gasteiger partial charge in [0.05, 0.1) is 0 Å². The first-order valence-corrected chi connectivity index (χ1v) is 14.7. The summed E-state index contributed by atoms with van der Waals surface area (Å²) in [7, 11) is -5.17. The van der Waals surface area contributed by atoms with Crippen LogP contribution in [-0.4, -0.2) is 30.7 Å². The maximum Gasteiger partial charge on any atom is 1.00 e. The molecule has 0 saturated carbocycles. The third kappa shape index (κ3) is 54.7. The van der Waals surface area contributed by atoms with Crippen LogP contribution >= 0.6 is 0 Å². The first kappa shape index (κ1) is 42.9. The van der Waals surface area contributed by atoms with E-state index < -0.39 is 10.4 Å². The van der Waals surface area contributed by atoms with E-state index in [2.05, 4.69) is 27.7 Å².